The summed E-state index contributed by atoms with van der Waals surface area (Å²) >= 11 is 6.10. The summed E-state index contributed by atoms with van der Waals surface area (Å²) in [5, 5.41) is 0.0568. The molecule has 0 saturated carbocycles. The Hall–Kier alpha value is -3.52. The summed E-state index contributed by atoms with van der Waals surface area (Å²) in [5.74, 6) is -0.631. The Kier molecular flexibility index (Phi) is 8.54. The quantitative estimate of drug-likeness (QED) is 0.148. The Morgan fingerprint density at radius 3 is 2.00 bits per heavy atom. The number of nitrogens with zero attached hydrogens (tertiary/aromatic N) is 1. The van der Waals surface area contributed by atoms with Gasteiger partial charge in [-0.25, -0.2) is 14.8 Å². The van der Waals surface area contributed by atoms with E-state index in [0.717, 1.165) is 29.3 Å². The van der Waals surface area contributed by atoms with E-state index in [1.54, 1.807) is 11.5 Å². The summed E-state index contributed by atoms with van der Waals surface area (Å²) in [6, 6.07) is 21.9. The van der Waals surface area contributed by atoms with Crippen LogP contribution in [0.5, 0.6) is 0 Å². The van der Waals surface area contributed by atoms with Crippen LogP contribution in [0.3, 0.4) is 0 Å². The first-order valence-electron chi connectivity index (χ1n) is 10.5. The third-order valence-electron chi connectivity index (χ3n) is 4.83. The number of rotatable bonds is 7. The molecule has 0 radical (unpaired) electrons. The minimum absolute atomic E-state index is 0.0299. The van der Waals surface area contributed by atoms with Gasteiger partial charge in [0.1, 0.15) is 13.1 Å². The van der Waals surface area contributed by atoms with E-state index in [4.69, 9.17) is 16.3 Å². The second kappa shape index (κ2) is 11.6. The summed E-state index contributed by atoms with van der Waals surface area (Å²) in [7, 11) is 0. The number of hydrogen-bond acceptors (Lipinski definition) is 3. The van der Waals surface area contributed by atoms with Crippen molar-refractivity contribution < 1.29 is 27.3 Å². The van der Waals surface area contributed by atoms with Gasteiger partial charge in [0, 0.05) is 0 Å². The summed E-state index contributed by atoms with van der Waals surface area (Å²) in [6.45, 7) is 2.48. The van der Waals surface area contributed by atoms with Crippen molar-refractivity contribution in [3.8, 4) is 0 Å². The molecule has 3 aromatic carbocycles. The van der Waals surface area contributed by atoms with Gasteiger partial charge in [-0.2, -0.15) is 18.6 Å². The number of amidine groups is 1. The van der Waals surface area contributed by atoms with Crippen LogP contribution in [0.2, 0.25) is 5.02 Å². The largest absolute Gasteiger partial charge is 0.457 e. The second-order valence-electron chi connectivity index (χ2n) is 7.34. The zero-order chi connectivity index (χ0) is 24.6. The molecule has 0 saturated heterocycles. The van der Waals surface area contributed by atoms with Crippen molar-refractivity contribution in [2.24, 2.45) is 0 Å². The Labute approximate surface area is 200 Å². The number of benzene rings is 3. The van der Waals surface area contributed by atoms with Crippen molar-refractivity contribution in [1.29, 1.82) is 0 Å². The van der Waals surface area contributed by atoms with E-state index in [-0.39, 0.29) is 23.2 Å². The number of ether oxygens (including phenoxy) is 1. The van der Waals surface area contributed by atoms with Gasteiger partial charge in [0.25, 0.3) is 0 Å². The molecule has 0 amide bonds. The number of carbonyl (C=O) groups is 1. The molecule has 178 valence electrons. The maximum atomic E-state index is 13.2. The molecule has 0 aliphatic rings. The van der Waals surface area contributed by atoms with Crippen LogP contribution in [0.15, 0.2) is 78.9 Å². The minimum Gasteiger partial charge on any atom is -0.457 e. The lowest BCUT2D eigenvalue weighted by Crippen LogP contribution is -2.43. The molecule has 0 atom stereocenters. The Balaban J connectivity index is 2.00. The average molecular weight is 491 g/mol. The third kappa shape index (κ3) is 6.99. The smallest absolute Gasteiger partial charge is 0.423 e. The number of alkyl halides is 3. The molecular formula is C25H24ClF3N3O2+. The molecule has 5 nitrogen and oxygen atoms in total. The third-order valence-corrected chi connectivity index (χ3v) is 5.16. The van der Waals surface area contributed by atoms with Gasteiger partial charge in [-0.05, 0) is 36.2 Å². The predicted octanol–water partition coefficient (Wildman–Crippen LogP) is 5.65. The van der Waals surface area contributed by atoms with E-state index in [1.807, 2.05) is 60.7 Å². The average Bonchev–Trinajstić information content (AvgIpc) is 2.81. The second-order valence-corrected chi connectivity index (χ2v) is 7.75. The highest BCUT2D eigenvalue weighted by Gasteiger charge is 2.31. The van der Waals surface area contributed by atoms with Gasteiger partial charge in [0.2, 0.25) is 0 Å². The van der Waals surface area contributed by atoms with Crippen molar-refractivity contribution in [2.75, 3.05) is 12.0 Å². The van der Waals surface area contributed by atoms with Gasteiger partial charge in [0.05, 0.1) is 22.9 Å². The van der Waals surface area contributed by atoms with Crippen molar-refractivity contribution in [3.63, 3.8) is 0 Å². The van der Waals surface area contributed by atoms with Gasteiger partial charge in [-0.15, -0.1) is 0 Å². The van der Waals surface area contributed by atoms with E-state index in [0.29, 0.717) is 13.1 Å². The van der Waals surface area contributed by atoms with E-state index < -0.39 is 17.7 Å². The summed E-state index contributed by atoms with van der Waals surface area (Å²) < 4.78 is 46.5. The van der Waals surface area contributed by atoms with Crippen molar-refractivity contribution >= 4 is 29.1 Å². The number of carbonyl (C=O) groups excluding carboxylic acids is 1. The standard InChI is InChI=1S/C25H23ClF3N3O2/c1-2-34-24(33)23(31-30-22-15-20(25(27,28)29)13-14-21(22)26)32(16-18-9-5-3-6-10-18)17-19-11-7-4-8-12-19/h3-15H,2,16-17H2,1H3,(H,30,33)/p+1. The maximum Gasteiger partial charge on any atom is 0.423 e. The van der Waals surface area contributed by atoms with Gasteiger partial charge in [-0.1, -0.05) is 72.3 Å². The van der Waals surface area contributed by atoms with Crippen molar-refractivity contribution in [3.05, 3.63) is 101 Å². The topological polar surface area (TPSA) is 53.4 Å². The fraction of sp³-hybridized carbons (Fsp3) is 0.200. The Morgan fingerprint density at radius 1 is 0.941 bits per heavy atom. The first-order chi connectivity index (χ1) is 16.3. The summed E-state index contributed by atoms with van der Waals surface area (Å²) in [6.07, 6.45) is -4.54. The van der Waals surface area contributed by atoms with Crippen molar-refractivity contribution in [1.82, 2.24) is 5.43 Å². The summed E-state index contributed by atoms with van der Waals surface area (Å²) in [5.41, 5.74) is 6.36. The molecule has 0 bridgehead atoms. The lowest BCUT2D eigenvalue weighted by molar-refractivity contribution is -0.561. The monoisotopic (exact) mass is 490 g/mol. The van der Waals surface area contributed by atoms with Gasteiger partial charge < -0.3 is 4.74 Å². The van der Waals surface area contributed by atoms with Crippen LogP contribution in [0.25, 0.3) is 0 Å². The van der Waals surface area contributed by atoms with E-state index in [9.17, 15) is 18.0 Å². The number of anilines is 1. The van der Waals surface area contributed by atoms with Crippen LogP contribution in [0.1, 0.15) is 23.6 Å². The van der Waals surface area contributed by atoms with Gasteiger partial charge >= 0.3 is 18.0 Å². The van der Waals surface area contributed by atoms with E-state index in [1.165, 1.54) is 0 Å². The Morgan fingerprint density at radius 2 is 1.50 bits per heavy atom. The molecule has 0 unspecified atom stereocenters. The zero-order valence-corrected chi connectivity index (χ0v) is 19.2. The van der Waals surface area contributed by atoms with Crippen LogP contribution in [0, 0.1) is 0 Å². The first kappa shape index (κ1) is 25.1. The number of hydrogen-bond donors (Lipinski definition) is 2. The van der Waals surface area contributed by atoms with Gasteiger partial charge in [0.15, 0.2) is 0 Å². The molecule has 0 heterocycles. The molecule has 2 N–H and O–H groups in total. The maximum absolute atomic E-state index is 13.2. The fourth-order valence-corrected chi connectivity index (χ4v) is 3.37. The molecule has 34 heavy (non-hydrogen) atoms. The van der Waals surface area contributed by atoms with Crippen LogP contribution in [-0.4, -0.2) is 23.0 Å². The van der Waals surface area contributed by atoms with Crippen LogP contribution in [-0.2, 0) is 28.8 Å². The molecule has 0 spiro atoms. The lowest BCUT2D eigenvalue weighted by atomic mass is 10.2. The highest BCUT2D eigenvalue weighted by Crippen LogP contribution is 2.33. The molecule has 3 aromatic rings. The number of halogens is 4. The van der Waals surface area contributed by atoms with Crippen LogP contribution >= 0.6 is 11.6 Å². The SMILES string of the molecule is CCOC(=O)C(NNc1cc(C(F)(F)F)ccc1Cl)=[N+](Cc1ccccc1)Cc1ccccc1. The lowest BCUT2D eigenvalue weighted by Gasteiger charge is -2.15. The Bertz CT molecular complexity index is 1090. The molecule has 0 aliphatic carbocycles. The molecule has 0 aliphatic heterocycles. The van der Waals surface area contributed by atoms with E-state index >= 15 is 0 Å². The normalized spacial score (nSPS) is 11.0. The predicted molar refractivity (Wildman–Crippen MR) is 125 cm³/mol. The fourth-order valence-electron chi connectivity index (χ4n) is 3.20. The van der Waals surface area contributed by atoms with Gasteiger partial charge in [-0.3, -0.25) is 0 Å². The molecule has 9 heteroatoms. The van der Waals surface area contributed by atoms with Crippen molar-refractivity contribution in [2.45, 2.75) is 26.2 Å². The minimum atomic E-state index is -4.54. The highest BCUT2D eigenvalue weighted by atomic mass is 35.5. The molecular weight excluding hydrogens is 467 g/mol. The molecule has 3 rings (SSSR count). The highest BCUT2D eigenvalue weighted by molar-refractivity contribution is 6.34. The zero-order valence-electron chi connectivity index (χ0n) is 18.4. The number of hydrazine groups is 1. The van der Waals surface area contributed by atoms with Crippen LogP contribution < -0.4 is 10.9 Å². The summed E-state index contributed by atoms with van der Waals surface area (Å²) in [4.78, 5) is 12.9. The van der Waals surface area contributed by atoms with E-state index in [2.05, 4.69) is 10.9 Å². The van der Waals surface area contributed by atoms with Crippen LogP contribution in [0.4, 0.5) is 18.9 Å². The molecule has 0 aromatic heterocycles. The number of esters is 1. The first-order valence-corrected chi connectivity index (χ1v) is 10.9. The number of nitrogens with one attached hydrogen (secondary N) is 2. The molecule has 0 fully saturated rings.